The van der Waals surface area contributed by atoms with E-state index < -0.39 is 63.6 Å². The van der Waals surface area contributed by atoms with Crippen molar-refractivity contribution >= 4 is 56.3 Å². The molecule has 9 N–H and O–H groups in total. The van der Waals surface area contributed by atoms with Crippen molar-refractivity contribution in [3.63, 3.8) is 0 Å². The minimum atomic E-state index is -5.02. The molecule has 0 bridgehead atoms. The number of aromatic nitrogens is 1. The number of benzene rings is 1. The van der Waals surface area contributed by atoms with E-state index in [2.05, 4.69) is 35.4 Å². The molecule has 5 rings (SSSR count). The maximum absolute atomic E-state index is 13.5. The van der Waals surface area contributed by atoms with Crippen molar-refractivity contribution in [2.75, 3.05) is 25.4 Å². The number of ether oxygens (including phenoxy) is 1. The number of β-lactam (4-membered cyclic amide) rings is 1. The van der Waals surface area contributed by atoms with Gasteiger partial charge in [-0.25, -0.2) is 9.98 Å². The fourth-order valence-corrected chi connectivity index (χ4v) is 6.65. The number of nitrogens with zero attached hydrogens (tertiary/aromatic N) is 4. The second-order valence-electron chi connectivity index (χ2n) is 12.3. The van der Waals surface area contributed by atoms with E-state index in [1.807, 2.05) is 12.1 Å². The molecule has 1 fully saturated rings. The van der Waals surface area contributed by atoms with E-state index in [4.69, 9.17) is 25.6 Å². The number of carbonyl (C=O) groups is 3. The molecular formula is C28H37N9O10S2. The maximum Gasteiger partial charge on any atom is 0.418 e. The summed E-state index contributed by atoms with van der Waals surface area (Å²) in [6.45, 7) is 5.95. The molecule has 3 aliphatic rings. The lowest BCUT2D eigenvalue weighted by molar-refractivity contribution is -0.218. The second-order valence-corrected chi connectivity index (χ2v) is 14.2. The largest absolute Gasteiger partial charge is 0.486 e. The van der Waals surface area contributed by atoms with Gasteiger partial charge in [-0.05, 0) is 56.9 Å². The molecule has 4 heterocycles. The number of aliphatic carboxylic acids is 1. The Labute approximate surface area is 285 Å². The highest BCUT2D eigenvalue weighted by Crippen LogP contribution is 2.37. The molecule has 3 aliphatic heterocycles. The number of guanidine groups is 1. The van der Waals surface area contributed by atoms with Crippen LogP contribution in [0.1, 0.15) is 56.5 Å². The van der Waals surface area contributed by atoms with Gasteiger partial charge in [-0.2, -0.15) is 13.5 Å². The average molecular weight is 724 g/mol. The Morgan fingerprint density at radius 3 is 2.73 bits per heavy atom. The molecule has 0 radical (unpaired) electrons. The molecule has 1 aromatic heterocycles. The van der Waals surface area contributed by atoms with Gasteiger partial charge in [0.2, 0.25) is 0 Å². The minimum Gasteiger partial charge on any atom is -0.486 e. The van der Waals surface area contributed by atoms with Gasteiger partial charge in [0.05, 0.1) is 18.0 Å². The molecule has 2 aromatic rings. The molecule has 1 saturated heterocycles. The highest BCUT2D eigenvalue weighted by atomic mass is 32.3. The summed E-state index contributed by atoms with van der Waals surface area (Å²) in [5.41, 5.74) is 9.76. The fourth-order valence-electron chi connectivity index (χ4n) is 5.65. The van der Waals surface area contributed by atoms with Gasteiger partial charge in [-0.15, -0.1) is 15.6 Å². The first-order valence-electron chi connectivity index (χ1n) is 15.1. The van der Waals surface area contributed by atoms with Crippen LogP contribution in [0, 0.1) is 0 Å². The molecule has 0 aliphatic carbocycles. The van der Waals surface area contributed by atoms with Crippen molar-refractivity contribution in [1.82, 2.24) is 26.0 Å². The summed E-state index contributed by atoms with van der Waals surface area (Å²) in [6.07, 6.45) is -0.494. The van der Waals surface area contributed by atoms with Gasteiger partial charge in [0.1, 0.15) is 23.6 Å². The molecule has 0 spiro atoms. The van der Waals surface area contributed by atoms with E-state index >= 15 is 0 Å². The van der Waals surface area contributed by atoms with E-state index in [1.165, 1.54) is 26.2 Å². The number of hydroxylamine groups is 2. The topological polar surface area (TPSA) is 282 Å². The zero-order chi connectivity index (χ0) is 35.7. The number of amides is 2. The zero-order valence-electron chi connectivity index (χ0n) is 26.7. The summed E-state index contributed by atoms with van der Waals surface area (Å²) in [7, 11) is -5.02. The number of aliphatic imine (C=N–C) groups is 1. The van der Waals surface area contributed by atoms with Crippen LogP contribution in [0.5, 0.6) is 5.75 Å². The van der Waals surface area contributed by atoms with Gasteiger partial charge >= 0.3 is 16.4 Å². The van der Waals surface area contributed by atoms with Gasteiger partial charge in [0, 0.05) is 25.0 Å². The van der Waals surface area contributed by atoms with Crippen LogP contribution >= 0.6 is 11.3 Å². The lowest BCUT2D eigenvalue weighted by atomic mass is 9.84. The Kier molecular flexibility index (Phi) is 10.0. The molecule has 49 heavy (non-hydrogen) atoms. The van der Waals surface area contributed by atoms with Crippen molar-refractivity contribution in [2.45, 2.75) is 69.4 Å². The van der Waals surface area contributed by atoms with Crippen molar-refractivity contribution in [1.29, 1.82) is 0 Å². The monoisotopic (exact) mass is 723 g/mol. The summed E-state index contributed by atoms with van der Waals surface area (Å²) in [5, 5.41) is 24.6. The first-order valence-corrected chi connectivity index (χ1v) is 17.3. The zero-order valence-corrected chi connectivity index (χ0v) is 28.3. The first-order chi connectivity index (χ1) is 23.0. The first kappa shape index (κ1) is 35.7. The summed E-state index contributed by atoms with van der Waals surface area (Å²) in [6, 6.07) is 4.27. The average Bonchev–Trinajstić information content (AvgIpc) is 3.69. The number of anilines is 1. The third-order valence-corrected chi connectivity index (χ3v) is 9.24. The van der Waals surface area contributed by atoms with E-state index in [-0.39, 0.29) is 16.9 Å². The van der Waals surface area contributed by atoms with Crippen LogP contribution in [0.25, 0.3) is 0 Å². The third kappa shape index (κ3) is 7.85. The molecule has 0 saturated carbocycles. The number of fused-ring (bicyclic) bond motifs is 1. The number of oxime groups is 1. The maximum atomic E-state index is 13.5. The van der Waals surface area contributed by atoms with E-state index in [0.717, 1.165) is 22.5 Å². The van der Waals surface area contributed by atoms with Crippen LogP contribution in [0.2, 0.25) is 0 Å². The van der Waals surface area contributed by atoms with E-state index in [9.17, 15) is 27.9 Å². The van der Waals surface area contributed by atoms with E-state index in [1.54, 1.807) is 6.07 Å². The highest BCUT2D eigenvalue weighted by Gasteiger charge is 2.58. The molecule has 3 unspecified atom stereocenters. The lowest BCUT2D eigenvalue weighted by Gasteiger charge is -2.50. The van der Waals surface area contributed by atoms with Crippen molar-refractivity contribution in [3.05, 3.63) is 40.4 Å². The van der Waals surface area contributed by atoms with Crippen LogP contribution in [0.4, 0.5) is 5.13 Å². The number of nitrogens with two attached hydrogens (primary N) is 2. The highest BCUT2D eigenvalue weighted by molar-refractivity contribution is 7.80. The summed E-state index contributed by atoms with van der Waals surface area (Å²) in [4.78, 5) is 52.8. The number of carbonyl (C=O) groups excluding carboxylic acids is 2. The normalized spacial score (nSPS) is 22.8. The molecule has 4 atom stereocenters. The van der Waals surface area contributed by atoms with Crippen LogP contribution in [-0.2, 0) is 40.3 Å². The summed E-state index contributed by atoms with van der Waals surface area (Å²) in [5.74, 6) is -1.93. The SMILES string of the molecule is CC(CC(=O)O)(O/N=C(\C(=O)NC1C(=O)N(OS(=O)(=O)O)C1(C)C)c1csc(N)n1)[C@H]1CCc2cc(C3CNC(NCCN)=N3)ccc2O1. The number of carboxylic acid groups (broad SMARTS) is 1. The Morgan fingerprint density at radius 2 is 2.10 bits per heavy atom. The van der Waals surface area contributed by atoms with E-state index in [0.29, 0.717) is 49.2 Å². The fraction of sp³-hybridized carbons (Fsp3) is 0.500. The summed E-state index contributed by atoms with van der Waals surface area (Å²) >= 11 is 0.995. The van der Waals surface area contributed by atoms with Gasteiger partial charge in [0.15, 0.2) is 22.4 Å². The number of hydrogen-bond acceptors (Lipinski definition) is 16. The number of nitrogen functional groups attached to an aromatic ring is 1. The number of aryl methyl sites for hydroxylation is 1. The standard InChI is InChI=1S/C28H37N9O10S2/c1-27(2)22(24(41)37(27)47-49(42,43)44)35-23(40)21(17-13-48-25(30)33-17)36-46-28(3,11-20(38)39)19-7-5-15-10-14(4-6-18(15)45-19)16-12-32-26(34-16)31-9-8-29/h4,6,10,13,16,19,22H,5,7-9,11-12,29H2,1-3H3,(H2,30,33)(H,35,40)(H,38,39)(H2,31,32,34)(H,42,43,44)/b36-21-/t16?,19-,22?,28?/m1/s1. The van der Waals surface area contributed by atoms with Crippen molar-refractivity contribution in [2.24, 2.45) is 15.9 Å². The third-order valence-electron chi connectivity index (χ3n) is 8.23. The Hall–Kier alpha value is -4.57. The molecule has 266 valence electrons. The van der Waals surface area contributed by atoms with Crippen molar-refractivity contribution in [3.8, 4) is 5.75 Å². The quantitative estimate of drug-likeness (QED) is 0.0591. The number of carboxylic acids is 1. The van der Waals surface area contributed by atoms with Crippen LogP contribution < -0.4 is 32.2 Å². The second kappa shape index (κ2) is 13.7. The van der Waals surface area contributed by atoms with Crippen LogP contribution in [0.15, 0.2) is 33.7 Å². The smallest absolute Gasteiger partial charge is 0.418 e. The van der Waals surface area contributed by atoms with Gasteiger partial charge < -0.3 is 42.1 Å². The summed E-state index contributed by atoms with van der Waals surface area (Å²) < 4.78 is 42.0. The number of hydrogen-bond donors (Lipinski definition) is 7. The Balaban J connectivity index is 1.35. The number of nitrogens with one attached hydrogen (secondary N) is 3. The molecule has 2 amide bonds. The number of thiazole rings is 1. The predicted octanol–water partition coefficient (Wildman–Crippen LogP) is -0.538. The number of rotatable bonds is 13. The molecule has 1 aromatic carbocycles. The minimum absolute atomic E-state index is 0.0267. The Bertz CT molecular complexity index is 1800. The molecule has 19 nitrogen and oxygen atoms in total. The van der Waals surface area contributed by atoms with Gasteiger partial charge in [0.25, 0.3) is 11.8 Å². The molecule has 21 heteroatoms. The lowest BCUT2D eigenvalue weighted by Crippen LogP contribution is -2.76. The van der Waals surface area contributed by atoms with Crippen LogP contribution in [-0.4, -0.2) is 100 Å². The molecular weight excluding hydrogens is 686 g/mol. The predicted molar refractivity (Wildman–Crippen MR) is 175 cm³/mol. The van der Waals surface area contributed by atoms with Gasteiger partial charge in [-0.1, -0.05) is 11.2 Å². The Morgan fingerprint density at radius 1 is 1.35 bits per heavy atom. The van der Waals surface area contributed by atoms with Crippen LogP contribution in [0.3, 0.4) is 0 Å². The van der Waals surface area contributed by atoms with Crippen molar-refractivity contribution < 1.29 is 46.3 Å². The van der Waals surface area contributed by atoms with Gasteiger partial charge in [-0.3, -0.25) is 18.9 Å².